The number of nitrogens with two attached hydrogens (primary N) is 1. The maximum absolute atomic E-state index is 6.38. The number of hydrogen-bond acceptors (Lipinski definition) is 2. The molecule has 0 bridgehead atoms. The Morgan fingerprint density at radius 1 is 1.05 bits per heavy atom. The van der Waals surface area contributed by atoms with Crippen molar-refractivity contribution in [1.29, 1.82) is 0 Å². The highest BCUT2D eigenvalue weighted by molar-refractivity contribution is 5.48. The van der Waals surface area contributed by atoms with E-state index in [-0.39, 0.29) is 12.0 Å². The van der Waals surface area contributed by atoms with Crippen LogP contribution in [0.15, 0.2) is 48.5 Å². The molecule has 2 aromatic carbocycles. The quantitative estimate of drug-likeness (QED) is 0.892. The molecule has 3 rings (SSSR count). The van der Waals surface area contributed by atoms with Crippen molar-refractivity contribution in [3.05, 3.63) is 65.2 Å². The smallest absolute Gasteiger partial charge is 0.122 e. The fraction of sp³-hybridized carbons (Fsp3) is 0.294. The lowest BCUT2D eigenvalue weighted by molar-refractivity contribution is 0.401. The Hall–Kier alpha value is -1.80. The lowest BCUT2D eigenvalue weighted by Gasteiger charge is -2.32. The van der Waals surface area contributed by atoms with Crippen molar-refractivity contribution in [2.75, 3.05) is 7.11 Å². The van der Waals surface area contributed by atoms with Crippen molar-refractivity contribution in [1.82, 2.24) is 0 Å². The van der Waals surface area contributed by atoms with Crippen LogP contribution >= 0.6 is 0 Å². The monoisotopic (exact) mass is 253 g/mol. The average molecular weight is 253 g/mol. The van der Waals surface area contributed by atoms with Gasteiger partial charge in [0.25, 0.3) is 0 Å². The first-order chi connectivity index (χ1) is 9.31. The molecule has 2 nitrogen and oxygen atoms in total. The second kappa shape index (κ2) is 5.06. The summed E-state index contributed by atoms with van der Waals surface area (Å²) in [4.78, 5) is 0. The average Bonchev–Trinajstić information content (AvgIpc) is 2.47. The van der Waals surface area contributed by atoms with Crippen LogP contribution in [-0.2, 0) is 6.42 Å². The summed E-state index contributed by atoms with van der Waals surface area (Å²) >= 11 is 0. The van der Waals surface area contributed by atoms with E-state index in [0.717, 1.165) is 18.6 Å². The molecule has 0 radical (unpaired) electrons. The highest BCUT2D eigenvalue weighted by Gasteiger charge is 2.29. The summed E-state index contributed by atoms with van der Waals surface area (Å²) in [5.74, 6) is 1.27. The molecule has 0 spiro atoms. The maximum Gasteiger partial charge on any atom is 0.122 e. The molecule has 0 aliphatic heterocycles. The molecule has 2 N–H and O–H groups in total. The lowest BCUT2D eigenvalue weighted by atomic mass is 9.76. The van der Waals surface area contributed by atoms with Gasteiger partial charge in [-0.3, -0.25) is 0 Å². The molecule has 0 fully saturated rings. The number of hydrogen-bond donors (Lipinski definition) is 1. The molecule has 2 heteroatoms. The first kappa shape index (κ1) is 12.2. The van der Waals surface area contributed by atoms with E-state index in [0.29, 0.717) is 0 Å². The molecular weight excluding hydrogens is 234 g/mol. The molecule has 0 aromatic heterocycles. The van der Waals surface area contributed by atoms with Gasteiger partial charge in [0.2, 0.25) is 0 Å². The number of benzene rings is 2. The maximum atomic E-state index is 6.38. The normalized spacial score (nSPS) is 21.8. The SMILES string of the molecule is COc1cccc2c1CCC(N)C2c1ccccc1. The summed E-state index contributed by atoms with van der Waals surface area (Å²) in [7, 11) is 1.74. The Bertz CT molecular complexity index is 565. The molecule has 98 valence electrons. The third-order valence-corrected chi connectivity index (χ3v) is 4.04. The summed E-state index contributed by atoms with van der Waals surface area (Å²) in [6, 6.07) is 17.0. The van der Waals surface area contributed by atoms with E-state index in [1.54, 1.807) is 7.11 Å². The molecule has 1 aliphatic carbocycles. The second-order valence-electron chi connectivity index (χ2n) is 5.12. The molecule has 2 atom stereocenters. The predicted molar refractivity (Wildman–Crippen MR) is 77.6 cm³/mol. The Balaban J connectivity index is 2.12. The van der Waals surface area contributed by atoms with Crippen LogP contribution in [0.2, 0.25) is 0 Å². The fourth-order valence-corrected chi connectivity index (χ4v) is 3.13. The van der Waals surface area contributed by atoms with E-state index in [1.807, 2.05) is 12.1 Å². The van der Waals surface area contributed by atoms with E-state index in [1.165, 1.54) is 16.7 Å². The molecule has 19 heavy (non-hydrogen) atoms. The van der Waals surface area contributed by atoms with E-state index in [2.05, 4.69) is 36.4 Å². The van der Waals surface area contributed by atoms with Gasteiger partial charge in [0.05, 0.1) is 7.11 Å². The summed E-state index contributed by atoms with van der Waals surface area (Å²) in [5, 5.41) is 0. The zero-order valence-electron chi connectivity index (χ0n) is 11.2. The third kappa shape index (κ3) is 2.13. The Morgan fingerprint density at radius 3 is 2.58 bits per heavy atom. The molecule has 2 aromatic rings. The largest absolute Gasteiger partial charge is 0.496 e. The molecule has 2 unspecified atom stereocenters. The number of methoxy groups -OCH3 is 1. The number of fused-ring (bicyclic) bond motifs is 1. The van der Waals surface area contributed by atoms with Crippen LogP contribution in [-0.4, -0.2) is 13.2 Å². The Morgan fingerprint density at radius 2 is 1.84 bits per heavy atom. The van der Waals surface area contributed by atoms with Crippen molar-refractivity contribution >= 4 is 0 Å². The first-order valence-corrected chi connectivity index (χ1v) is 6.77. The Kier molecular flexibility index (Phi) is 3.26. The van der Waals surface area contributed by atoms with E-state index >= 15 is 0 Å². The zero-order chi connectivity index (χ0) is 13.2. The number of rotatable bonds is 2. The molecular formula is C17H19NO. The fourth-order valence-electron chi connectivity index (χ4n) is 3.13. The van der Waals surface area contributed by atoms with E-state index in [4.69, 9.17) is 10.5 Å². The van der Waals surface area contributed by atoms with Gasteiger partial charge in [-0.1, -0.05) is 42.5 Å². The second-order valence-corrected chi connectivity index (χ2v) is 5.12. The van der Waals surface area contributed by atoms with Gasteiger partial charge in [0.15, 0.2) is 0 Å². The van der Waals surface area contributed by atoms with Crippen molar-refractivity contribution < 1.29 is 4.74 Å². The highest BCUT2D eigenvalue weighted by atomic mass is 16.5. The minimum atomic E-state index is 0.182. The van der Waals surface area contributed by atoms with Gasteiger partial charge < -0.3 is 10.5 Å². The van der Waals surface area contributed by atoms with Crippen LogP contribution in [0.4, 0.5) is 0 Å². The van der Waals surface area contributed by atoms with Crippen molar-refractivity contribution in [2.45, 2.75) is 24.8 Å². The van der Waals surface area contributed by atoms with Crippen LogP contribution in [0.3, 0.4) is 0 Å². The van der Waals surface area contributed by atoms with Crippen molar-refractivity contribution in [3.63, 3.8) is 0 Å². The van der Waals surface area contributed by atoms with Gasteiger partial charge in [0, 0.05) is 12.0 Å². The standard InChI is InChI=1S/C17H19NO/c1-19-16-9-5-8-14-13(16)10-11-15(18)17(14)12-6-3-2-4-7-12/h2-9,15,17H,10-11,18H2,1H3. The van der Waals surface area contributed by atoms with Gasteiger partial charge in [0.1, 0.15) is 5.75 Å². The van der Waals surface area contributed by atoms with Crippen molar-refractivity contribution in [3.8, 4) is 5.75 Å². The lowest BCUT2D eigenvalue weighted by Crippen LogP contribution is -2.34. The summed E-state index contributed by atoms with van der Waals surface area (Å²) in [5.41, 5.74) is 10.3. The molecule has 0 saturated heterocycles. The van der Waals surface area contributed by atoms with Gasteiger partial charge in [-0.05, 0) is 35.6 Å². The minimum Gasteiger partial charge on any atom is -0.496 e. The Labute approximate surface area is 114 Å². The molecule has 0 amide bonds. The van der Waals surface area contributed by atoms with Gasteiger partial charge >= 0.3 is 0 Å². The van der Waals surface area contributed by atoms with Crippen molar-refractivity contribution in [2.24, 2.45) is 5.73 Å². The summed E-state index contributed by atoms with van der Waals surface area (Å²) in [6.07, 6.45) is 2.01. The van der Waals surface area contributed by atoms with Gasteiger partial charge in [-0.25, -0.2) is 0 Å². The van der Waals surface area contributed by atoms with Crippen LogP contribution in [0, 0.1) is 0 Å². The molecule has 0 saturated carbocycles. The third-order valence-electron chi connectivity index (χ3n) is 4.04. The van der Waals surface area contributed by atoms with E-state index in [9.17, 15) is 0 Å². The topological polar surface area (TPSA) is 35.2 Å². The van der Waals surface area contributed by atoms with Gasteiger partial charge in [-0.15, -0.1) is 0 Å². The zero-order valence-corrected chi connectivity index (χ0v) is 11.2. The van der Waals surface area contributed by atoms with E-state index < -0.39 is 0 Å². The van der Waals surface area contributed by atoms with Crippen LogP contribution in [0.1, 0.15) is 29.0 Å². The molecule has 0 heterocycles. The van der Waals surface area contributed by atoms with Gasteiger partial charge in [-0.2, -0.15) is 0 Å². The number of ether oxygens (including phenoxy) is 1. The van der Waals surface area contributed by atoms with Crippen LogP contribution in [0.5, 0.6) is 5.75 Å². The summed E-state index contributed by atoms with van der Waals surface area (Å²) < 4.78 is 5.49. The molecule has 1 aliphatic rings. The predicted octanol–water partition coefficient (Wildman–Crippen LogP) is 3.10. The summed E-state index contributed by atoms with van der Waals surface area (Å²) in [6.45, 7) is 0. The highest BCUT2D eigenvalue weighted by Crippen LogP contribution is 2.39. The van der Waals surface area contributed by atoms with Crippen LogP contribution in [0.25, 0.3) is 0 Å². The van der Waals surface area contributed by atoms with Crippen LogP contribution < -0.4 is 10.5 Å². The minimum absolute atomic E-state index is 0.182. The first-order valence-electron chi connectivity index (χ1n) is 6.77.